The van der Waals surface area contributed by atoms with E-state index in [1.807, 2.05) is 41.2 Å². The Bertz CT molecular complexity index is 1080. The van der Waals surface area contributed by atoms with Crippen LogP contribution < -0.4 is 0 Å². The van der Waals surface area contributed by atoms with E-state index in [1.54, 1.807) is 0 Å². The molecule has 0 aliphatic carbocycles. The standard InChI is InChI=1S/C23H28N8/c1-3-5-11-21-25-22(12-6-4-2)31(28-21)16-17-13-14-20(24-15-17)18-9-7-8-10-19(18)23-26-29-30-27-23/h7-10,13-15H,3-6,11-12,16H2,1-2H3,(H,26,27,29,30). The molecule has 4 aromatic rings. The van der Waals surface area contributed by atoms with Crippen LogP contribution in [0, 0.1) is 0 Å². The number of benzene rings is 1. The highest BCUT2D eigenvalue weighted by molar-refractivity contribution is 5.78. The Balaban J connectivity index is 1.55. The molecule has 0 spiro atoms. The second-order valence-electron chi connectivity index (χ2n) is 7.66. The molecule has 0 aliphatic heterocycles. The molecule has 0 fully saturated rings. The number of rotatable bonds is 10. The van der Waals surface area contributed by atoms with Crippen LogP contribution in [-0.4, -0.2) is 40.4 Å². The van der Waals surface area contributed by atoms with Gasteiger partial charge in [0.25, 0.3) is 0 Å². The summed E-state index contributed by atoms with van der Waals surface area (Å²) in [7, 11) is 0. The van der Waals surface area contributed by atoms with Gasteiger partial charge < -0.3 is 0 Å². The van der Waals surface area contributed by atoms with Crippen LogP contribution in [0.2, 0.25) is 0 Å². The molecule has 3 aromatic heterocycles. The molecule has 0 atom stereocenters. The zero-order chi connectivity index (χ0) is 21.5. The number of hydrogen-bond acceptors (Lipinski definition) is 6. The second kappa shape index (κ2) is 10.1. The molecule has 0 radical (unpaired) electrons. The van der Waals surface area contributed by atoms with E-state index in [4.69, 9.17) is 15.1 Å². The Kier molecular flexibility index (Phi) is 6.76. The largest absolute Gasteiger partial charge is 0.256 e. The highest BCUT2D eigenvalue weighted by atomic mass is 15.5. The average molecular weight is 417 g/mol. The minimum atomic E-state index is 0.629. The maximum Gasteiger partial charge on any atom is 0.180 e. The predicted octanol–water partition coefficient (Wildman–Crippen LogP) is 4.25. The first-order valence-corrected chi connectivity index (χ1v) is 11.0. The molecule has 0 aliphatic rings. The fourth-order valence-corrected chi connectivity index (χ4v) is 3.55. The van der Waals surface area contributed by atoms with E-state index in [2.05, 4.69) is 40.5 Å². The summed E-state index contributed by atoms with van der Waals surface area (Å²) in [6.07, 6.45) is 8.35. The quantitative estimate of drug-likeness (QED) is 0.415. The summed E-state index contributed by atoms with van der Waals surface area (Å²) in [5, 5.41) is 19.0. The van der Waals surface area contributed by atoms with Crippen molar-refractivity contribution in [2.45, 2.75) is 58.9 Å². The van der Waals surface area contributed by atoms with Gasteiger partial charge >= 0.3 is 0 Å². The van der Waals surface area contributed by atoms with Gasteiger partial charge in [-0.1, -0.05) is 57.0 Å². The number of H-pyrrole nitrogens is 1. The molecule has 1 aromatic carbocycles. The van der Waals surface area contributed by atoms with Crippen molar-refractivity contribution in [2.75, 3.05) is 0 Å². The van der Waals surface area contributed by atoms with E-state index >= 15 is 0 Å². The van der Waals surface area contributed by atoms with Gasteiger partial charge in [-0.2, -0.15) is 5.10 Å². The molecule has 0 amide bonds. The predicted molar refractivity (Wildman–Crippen MR) is 119 cm³/mol. The summed E-state index contributed by atoms with van der Waals surface area (Å²) in [6.45, 7) is 5.08. The van der Waals surface area contributed by atoms with E-state index in [-0.39, 0.29) is 0 Å². The molecular formula is C23H28N8. The van der Waals surface area contributed by atoms with Gasteiger partial charge in [-0.05, 0) is 34.9 Å². The highest BCUT2D eigenvalue weighted by Crippen LogP contribution is 2.28. The van der Waals surface area contributed by atoms with E-state index < -0.39 is 0 Å². The van der Waals surface area contributed by atoms with Gasteiger partial charge in [0.2, 0.25) is 0 Å². The molecule has 0 saturated heterocycles. The molecule has 0 bridgehead atoms. The van der Waals surface area contributed by atoms with Crippen LogP contribution in [0.4, 0.5) is 0 Å². The monoisotopic (exact) mass is 416 g/mol. The molecule has 3 heterocycles. The van der Waals surface area contributed by atoms with Crippen LogP contribution >= 0.6 is 0 Å². The highest BCUT2D eigenvalue weighted by Gasteiger charge is 2.13. The Hall–Kier alpha value is -3.42. The van der Waals surface area contributed by atoms with Gasteiger partial charge in [0, 0.05) is 30.2 Å². The van der Waals surface area contributed by atoms with Crippen molar-refractivity contribution in [1.82, 2.24) is 40.4 Å². The lowest BCUT2D eigenvalue weighted by atomic mass is 10.0. The van der Waals surface area contributed by atoms with Crippen molar-refractivity contribution in [3.05, 3.63) is 59.8 Å². The lowest BCUT2D eigenvalue weighted by Gasteiger charge is -2.09. The molecule has 0 unspecified atom stereocenters. The Morgan fingerprint density at radius 3 is 2.45 bits per heavy atom. The first-order chi connectivity index (χ1) is 15.3. The minimum Gasteiger partial charge on any atom is -0.256 e. The van der Waals surface area contributed by atoms with Crippen molar-refractivity contribution in [2.24, 2.45) is 0 Å². The lowest BCUT2D eigenvalue weighted by Crippen LogP contribution is -2.07. The maximum atomic E-state index is 4.80. The van der Waals surface area contributed by atoms with Crippen molar-refractivity contribution in [3.63, 3.8) is 0 Å². The third-order valence-corrected chi connectivity index (χ3v) is 5.26. The maximum absolute atomic E-state index is 4.80. The summed E-state index contributed by atoms with van der Waals surface area (Å²) < 4.78 is 2.05. The number of nitrogens with zero attached hydrogens (tertiary/aromatic N) is 7. The number of aromatic nitrogens is 8. The van der Waals surface area contributed by atoms with E-state index in [0.29, 0.717) is 12.4 Å². The van der Waals surface area contributed by atoms with Crippen LogP contribution in [0.1, 0.15) is 56.7 Å². The summed E-state index contributed by atoms with van der Waals surface area (Å²) >= 11 is 0. The average Bonchev–Trinajstić information content (AvgIpc) is 3.47. The fourth-order valence-electron chi connectivity index (χ4n) is 3.55. The molecular weight excluding hydrogens is 388 g/mol. The number of pyridine rings is 1. The first-order valence-electron chi connectivity index (χ1n) is 11.0. The molecule has 8 nitrogen and oxygen atoms in total. The number of tetrazole rings is 1. The summed E-state index contributed by atoms with van der Waals surface area (Å²) in [6, 6.07) is 12.1. The van der Waals surface area contributed by atoms with Crippen LogP contribution in [0.3, 0.4) is 0 Å². The van der Waals surface area contributed by atoms with Gasteiger partial charge in [-0.15, -0.1) is 5.10 Å². The lowest BCUT2D eigenvalue weighted by molar-refractivity contribution is 0.611. The zero-order valence-electron chi connectivity index (χ0n) is 18.1. The van der Waals surface area contributed by atoms with Crippen molar-refractivity contribution in [1.29, 1.82) is 0 Å². The van der Waals surface area contributed by atoms with Crippen LogP contribution in [0.15, 0.2) is 42.6 Å². The summed E-state index contributed by atoms with van der Waals surface area (Å²) in [5.74, 6) is 2.65. The van der Waals surface area contributed by atoms with Gasteiger partial charge in [0.1, 0.15) is 5.82 Å². The van der Waals surface area contributed by atoms with Gasteiger partial charge in [-0.25, -0.2) is 14.8 Å². The fraction of sp³-hybridized carbons (Fsp3) is 0.391. The molecule has 0 saturated carbocycles. The molecule has 160 valence electrons. The van der Waals surface area contributed by atoms with Gasteiger partial charge in [-0.3, -0.25) is 4.98 Å². The second-order valence-corrected chi connectivity index (χ2v) is 7.66. The molecule has 4 rings (SSSR count). The van der Waals surface area contributed by atoms with Gasteiger partial charge in [0.05, 0.1) is 12.2 Å². The van der Waals surface area contributed by atoms with E-state index in [1.165, 1.54) is 0 Å². The topological polar surface area (TPSA) is 98.1 Å². The Morgan fingerprint density at radius 2 is 1.74 bits per heavy atom. The number of aromatic amines is 1. The summed E-state index contributed by atoms with van der Waals surface area (Å²) in [4.78, 5) is 9.52. The smallest absolute Gasteiger partial charge is 0.180 e. The van der Waals surface area contributed by atoms with Crippen molar-refractivity contribution < 1.29 is 0 Å². The third kappa shape index (κ3) is 5.02. The third-order valence-electron chi connectivity index (χ3n) is 5.26. The summed E-state index contributed by atoms with van der Waals surface area (Å²) in [5.41, 5.74) is 3.89. The van der Waals surface area contributed by atoms with Crippen LogP contribution in [0.5, 0.6) is 0 Å². The van der Waals surface area contributed by atoms with Crippen molar-refractivity contribution in [3.8, 4) is 22.6 Å². The minimum absolute atomic E-state index is 0.629. The zero-order valence-corrected chi connectivity index (χ0v) is 18.1. The van der Waals surface area contributed by atoms with Crippen LogP contribution in [0.25, 0.3) is 22.6 Å². The molecule has 31 heavy (non-hydrogen) atoms. The normalized spacial score (nSPS) is 11.2. The number of hydrogen-bond donors (Lipinski definition) is 1. The number of aryl methyl sites for hydroxylation is 2. The Labute approximate surface area is 182 Å². The van der Waals surface area contributed by atoms with Crippen molar-refractivity contribution >= 4 is 0 Å². The Morgan fingerprint density at radius 1 is 0.935 bits per heavy atom. The first kappa shape index (κ1) is 20.8. The SMILES string of the molecule is CCCCc1nc(CCCC)n(Cc2ccc(-c3ccccc3-c3nnn[nH]3)nc2)n1. The van der Waals surface area contributed by atoms with Gasteiger partial charge in [0.15, 0.2) is 11.6 Å². The number of nitrogens with one attached hydrogen (secondary N) is 1. The number of unbranched alkanes of at least 4 members (excludes halogenated alkanes) is 2. The van der Waals surface area contributed by atoms with Crippen LogP contribution in [-0.2, 0) is 19.4 Å². The molecule has 8 heteroatoms. The van der Waals surface area contributed by atoms with E-state index in [0.717, 1.165) is 72.6 Å². The van der Waals surface area contributed by atoms with E-state index in [9.17, 15) is 0 Å². The molecule has 1 N–H and O–H groups in total.